The van der Waals surface area contributed by atoms with E-state index in [-0.39, 0.29) is 0 Å². The summed E-state index contributed by atoms with van der Waals surface area (Å²) in [7, 11) is 0. The zero-order valence-electron chi connectivity index (χ0n) is 10.7. The zero-order valence-corrected chi connectivity index (χ0v) is 10.7. The van der Waals surface area contributed by atoms with E-state index in [2.05, 4.69) is 36.9 Å². The largest absolute Gasteiger partial charge is 0.388 e. The van der Waals surface area contributed by atoms with Crippen molar-refractivity contribution < 1.29 is 5.11 Å². The van der Waals surface area contributed by atoms with Gasteiger partial charge in [-0.25, -0.2) is 0 Å². The van der Waals surface area contributed by atoms with E-state index < -0.39 is 6.10 Å². The van der Waals surface area contributed by atoms with Crippen molar-refractivity contribution in [1.82, 2.24) is 0 Å². The number of fused-ring (bicyclic) bond motifs is 2. The van der Waals surface area contributed by atoms with E-state index in [1.54, 1.807) is 6.08 Å². The van der Waals surface area contributed by atoms with Crippen LogP contribution in [0.2, 0.25) is 0 Å². The van der Waals surface area contributed by atoms with Crippen LogP contribution in [0.4, 0.5) is 0 Å². The van der Waals surface area contributed by atoms with Crippen LogP contribution in [-0.2, 0) is 0 Å². The first-order chi connectivity index (χ1) is 9.31. The molecular weight excluding hydrogens is 232 g/mol. The quantitative estimate of drug-likeness (QED) is 0.530. The topological polar surface area (TPSA) is 20.2 Å². The van der Waals surface area contributed by atoms with E-state index >= 15 is 0 Å². The maximum absolute atomic E-state index is 10.4. The fourth-order valence-corrected chi connectivity index (χ4v) is 2.68. The third-order valence-electron chi connectivity index (χ3n) is 3.54. The highest BCUT2D eigenvalue weighted by atomic mass is 16.3. The Morgan fingerprint density at radius 1 is 0.947 bits per heavy atom. The highest BCUT2D eigenvalue weighted by Gasteiger charge is 2.13. The molecule has 19 heavy (non-hydrogen) atoms. The predicted octanol–water partition coefficient (Wildman–Crippen LogP) is 4.60. The maximum atomic E-state index is 10.4. The minimum absolute atomic E-state index is 0.506. The molecule has 3 rings (SSSR count). The Morgan fingerprint density at radius 2 is 1.47 bits per heavy atom. The summed E-state index contributed by atoms with van der Waals surface area (Å²) in [5.41, 5.74) is 1.01. The molecule has 0 aliphatic heterocycles. The first-order valence-electron chi connectivity index (χ1n) is 6.50. The molecule has 1 unspecified atom stereocenters. The van der Waals surface area contributed by atoms with E-state index in [1.165, 1.54) is 10.8 Å². The molecule has 0 aromatic heterocycles. The molecule has 1 N–H and O–H groups in total. The molecule has 3 aromatic carbocycles. The minimum atomic E-state index is -0.506. The van der Waals surface area contributed by atoms with Gasteiger partial charge in [-0.2, -0.15) is 0 Å². The van der Waals surface area contributed by atoms with Gasteiger partial charge in [-0.05, 0) is 39.6 Å². The highest BCUT2D eigenvalue weighted by molar-refractivity contribution is 6.02. The van der Waals surface area contributed by atoms with Gasteiger partial charge in [0.05, 0.1) is 6.10 Å². The van der Waals surface area contributed by atoms with Crippen LogP contribution in [-0.4, -0.2) is 5.11 Å². The van der Waals surface area contributed by atoms with Gasteiger partial charge in [0.15, 0.2) is 0 Å². The average molecular weight is 248 g/mol. The lowest BCUT2D eigenvalue weighted by Crippen LogP contribution is -1.98. The van der Waals surface area contributed by atoms with Gasteiger partial charge in [-0.3, -0.25) is 0 Å². The zero-order chi connectivity index (χ0) is 13.2. The first kappa shape index (κ1) is 11.9. The normalized spacial score (nSPS) is 12.7. The van der Waals surface area contributed by atoms with E-state index in [0.29, 0.717) is 6.42 Å². The Kier molecular flexibility index (Phi) is 3.06. The second-order valence-electron chi connectivity index (χ2n) is 4.77. The van der Waals surface area contributed by atoms with Gasteiger partial charge in [0.1, 0.15) is 0 Å². The Morgan fingerprint density at radius 3 is 2.00 bits per heavy atom. The molecule has 0 fully saturated rings. The summed E-state index contributed by atoms with van der Waals surface area (Å²) in [6.45, 7) is 3.73. The van der Waals surface area contributed by atoms with Crippen molar-refractivity contribution in [2.75, 3.05) is 0 Å². The smallest absolute Gasteiger partial charge is 0.0836 e. The van der Waals surface area contributed by atoms with Crippen molar-refractivity contribution >= 4 is 21.5 Å². The Labute approximate surface area is 112 Å². The van der Waals surface area contributed by atoms with Crippen LogP contribution in [0.15, 0.2) is 67.3 Å². The number of aliphatic hydroxyl groups is 1. The molecule has 0 saturated heterocycles. The summed E-state index contributed by atoms with van der Waals surface area (Å²) in [4.78, 5) is 0. The van der Waals surface area contributed by atoms with E-state index in [4.69, 9.17) is 0 Å². The third-order valence-corrected chi connectivity index (χ3v) is 3.54. The van der Waals surface area contributed by atoms with Gasteiger partial charge >= 0.3 is 0 Å². The number of rotatable bonds is 3. The van der Waals surface area contributed by atoms with Gasteiger partial charge in [0, 0.05) is 0 Å². The minimum Gasteiger partial charge on any atom is -0.388 e. The summed E-state index contributed by atoms with van der Waals surface area (Å²) in [5.74, 6) is 0. The van der Waals surface area contributed by atoms with Crippen molar-refractivity contribution in [1.29, 1.82) is 0 Å². The molecule has 3 aromatic rings. The summed E-state index contributed by atoms with van der Waals surface area (Å²) in [6.07, 6.45) is 1.83. The van der Waals surface area contributed by atoms with Gasteiger partial charge in [-0.1, -0.05) is 54.6 Å². The molecular formula is C18H16O. The molecule has 1 atom stereocenters. The van der Waals surface area contributed by atoms with Crippen LogP contribution < -0.4 is 0 Å². The molecule has 0 saturated carbocycles. The van der Waals surface area contributed by atoms with Crippen molar-refractivity contribution in [2.45, 2.75) is 12.5 Å². The van der Waals surface area contributed by atoms with Crippen LogP contribution in [0, 0.1) is 0 Å². The lowest BCUT2D eigenvalue weighted by Gasteiger charge is -2.15. The molecule has 1 heteroatoms. The Balaban J connectivity index is 2.42. The SMILES string of the molecule is C=CCC(O)c1c2ccccc2cc2ccccc12. The lowest BCUT2D eigenvalue weighted by atomic mass is 9.92. The average Bonchev–Trinajstić information content (AvgIpc) is 2.44. The Bertz CT molecular complexity index is 689. The van der Waals surface area contributed by atoms with Crippen LogP contribution in [0.25, 0.3) is 21.5 Å². The Hall–Kier alpha value is -2.12. The summed E-state index contributed by atoms with van der Waals surface area (Å²) in [6, 6.07) is 18.6. The lowest BCUT2D eigenvalue weighted by molar-refractivity contribution is 0.184. The van der Waals surface area contributed by atoms with Crippen molar-refractivity contribution in [3.05, 3.63) is 72.8 Å². The van der Waals surface area contributed by atoms with Gasteiger partial charge in [-0.15, -0.1) is 6.58 Å². The summed E-state index contributed by atoms with van der Waals surface area (Å²) in [5, 5.41) is 15.0. The molecule has 0 aliphatic rings. The predicted molar refractivity (Wildman–Crippen MR) is 81.2 cm³/mol. The van der Waals surface area contributed by atoms with Crippen molar-refractivity contribution in [3.8, 4) is 0 Å². The molecule has 0 radical (unpaired) electrons. The molecule has 0 bridgehead atoms. The molecule has 0 amide bonds. The van der Waals surface area contributed by atoms with E-state index in [0.717, 1.165) is 16.3 Å². The number of benzene rings is 3. The number of hydrogen-bond donors (Lipinski definition) is 1. The monoisotopic (exact) mass is 248 g/mol. The van der Waals surface area contributed by atoms with Gasteiger partial charge in [0.25, 0.3) is 0 Å². The van der Waals surface area contributed by atoms with Gasteiger partial charge in [0.2, 0.25) is 0 Å². The van der Waals surface area contributed by atoms with Crippen LogP contribution in [0.1, 0.15) is 18.1 Å². The fraction of sp³-hybridized carbons (Fsp3) is 0.111. The van der Waals surface area contributed by atoms with E-state index in [9.17, 15) is 5.11 Å². The molecule has 94 valence electrons. The third kappa shape index (κ3) is 2.02. The highest BCUT2D eigenvalue weighted by Crippen LogP contribution is 2.34. The van der Waals surface area contributed by atoms with Gasteiger partial charge < -0.3 is 5.11 Å². The number of hydrogen-bond acceptors (Lipinski definition) is 1. The maximum Gasteiger partial charge on any atom is 0.0836 e. The first-order valence-corrected chi connectivity index (χ1v) is 6.50. The second kappa shape index (κ2) is 4.87. The molecule has 0 heterocycles. The summed E-state index contributed by atoms with van der Waals surface area (Å²) < 4.78 is 0. The second-order valence-corrected chi connectivity index (χ2v) is 4.77. The van der Waals surface area contributed by atoms with Crippen LogP contribution in [0.3, 0.4) is 0 Å². The molecule has 1 nitrogen and oxygen atoms in total. The summed E-state index contributed by atoms with van der Waals surface area (Å²) >= 11 is 0. The number of aliphatic hydroxyl groups excluding tert-OH is 1. The van der Waals surface area contributed by atoms with Crippen LogP contribution >= 0.6 is 0 Å². The molecule has 0 spiro atoms. The van der Waals surface area contributed by atoms with E-state index in [1.807, 2.05) is 24.3 Å². The fourth-order valence-electron chi connectivity index (χ4n) is 2.68. The van der Waals surface area contributed by atoms with Crippen LogP contribution in [0.5, 0.6) is 0 Å². The molecule has 0 aliphatic carbocycles. The van der Waals surface area contributed by atoms with Crippen molar-refractivity contribution in [3.63, 3.8) is 0 Å². The standard InChI is InChI=1S/C18H16O/c1-2-7-17(19)18-15-10-5-3-8-13(15)12-14-9-4-6-11-16(14)18/h2-6,8-12,17,19H,1,7H2. The van der Waals surface area contributed by atoms with Crippen molar-refractivity contribution in [2.24, 2.45) is 0 Å².